The van der Waals surface area contributed by atoms with E-state index >= 15 is 0 Å². The molecule has 1 N–H and O–H groups in total. The van der Waals surface area contributed by atoms with Gasteiger partial charge in [0.25, 0.3) is 5.91 Å². The van der Waals surface area contributed by atoms with Gasteiger partial charge in [-0.05, 0) is 59.5 Å². The number of fused-ring (bicyclic) bond motifs is 1. The van der Waals surface area contributed by atoms with Crippen LogP contribution >= 0.6 is 15.9 Å². The van der Waals surface area contributed by atoms with E-state index < -0.39 is 0 Å². The molecular weight excluding hydrogens is 462 g/mol. The number of benzene rings is 2. The van der Waals surface area contributed by atoms with Gasteiger partial charge >= 0.3 is 0 Å². The quantitative estimate of drug-likeness (QED) is 0.565. The van der Waals surface area contributed by atoms with Gasteiger partial charge in [0.1, 0.15) is 5.82 Å². The summed E-state index contributed by atoms with van der Waals surface area (Å²) in [6.45, 7) is 3.39. The molecule has 0 aliphatic carbocycles. The minimum Gasteiger partial charge on any atom is -0.493 e. The van der Waals surface area contributed by atoms with Crippen LogP contribution in [0.15, 0.2) is 28.7 Å². The number of likely N-dealkylation sites (tertiary alicyclic amines) is 1. The number of aromatic nitrogens is 2. The number of hydrogen-bond acceptors (Lipinski definition) is 5. The standard InChI is InChI=1S/C23H26BrN3O4/c1-13-5-6-16-17(11-13)26-22(25-16)14-7-9-27(10-8-14)23(28)15-12-18(29-2)20(30-3)21(31-4)19(15)24/h5-6,11-12,14H,7-10H2,1-4H3,(H,25,26). The zero-order chi connectivity index (χ0) is 22.1. The fourth-order valence-electron chi connectivity index (χ4n) is 4.14. The number of aryl methyl sites for hydroxylation is 1. The Morgan fingerprint density at radius 1 is 1.10 bits per heavy atom. The van der Waals surface area contributed by atoms with Crippen molar-refractivity contribution in [3.63, 3.8) is 0 Å². The lowest BCUT2D eigenvalue weighted by Gasteiger charge is -2.31. The molecule has 0 saturated carbocycles. The van der Waals surface area contributed by atoms with E-state index in [4.69, 9.17) is 19.2 Å². The number of carbonyl (C=O) groups is 1. The van der Waals surface area contributed by atoms with Gasteiger partial charge in [0.15, 0.2) is 11.5 Å². The monoisotopic (exact) mass is 487 g/mol. The van der Waals surface area contributed by atoms with Crippen LogP contribution in [0.1, 0.15) is 40.5 Å². The van der Waals surface area contributed by atoms with Gasteiger partial charge in [-0.1, -0.05) is 6.07 Å². The molecule has 1 amide bonds. The van der Waals surface area contributed by atoms with E-state index in [0.29, 0.717) is 46.3 Å². The van der Waals surface area contributed by atoms with Crippen molar-refractivity contribution in [1.82, 2.24) is 14.9 Å². The third-order valence-electron chi connectivity index (χ3n) is 5.82. The average Bonchev–Trinajstić information content (AvgIpc) is 3.21. The molecule has 3 aromatic rings. The molecule has 1 aliphatic heterocycles. The predicted molar refractivity (Wildman–Crippen MR) is 123 cm³/mol. The molecule has 2 heterocycles. The summed E-state index contributed by atoms with van der Waals surface area (Å²) >= 11 is 3.51. The molecule has 0 unspecified atom stereocenters. The van der Waals surface area contributed by atoms with Crippen LogP contribution in [-0.2, 0) is 0 Å². The summed E-state index contributed by atoms with van der Waals surface area (Å²) in [7, 11) is 4.62. The molecule has 4 rings (SSSR count). The lowest BCUT2D eigenvalue weighted by molar-refractivity contribution is 0.0709. The van der Waals surface area contributed by atoms with Crippen LogP contribution in [0.3, 0.4) is 0 Å². The summed E-state index contributed by atoms with van der Waals surface area (Å²) in [6, 6.07) is 7.93. The number of rotatable bonds is 5. The van der Waals surface area contributed by atoms with Gasteiger partial charge in [-0.3, -0.25) is 4.79 Å². The molecule has 164 valence electrons. The number of carbonyl (C=O) groups excluding carboxylic acids is 1. The van der Waals surface area contributed by atoms with Crippen LogP contribution < -0.4 is 14.2 Å². The molecule has 1 aromatic heterocycles. The number of aromatic amines is 1. The Hall–Kier alpha value is -2.74. The number of H-pyrrole nitrogens is 1. The average molecular weight is 488 g/mol. The Balaban J connectivity index is 1.52. The first-order chi connectivity index (χ1) is 15.0. The first-order valence-corrected chi connectivity index (χ1v) is 11.0. The Morgan fingerprint density at radius 2 is 1.81 bits per heavy atom. The molecule has 7 nitrogen and oxygen atoms in total. The Morgan fingerprint density at radius 3 is 2.45 bits per heavy atom. The van der Waals surface area contributed by atoms with E-state index in [1.807, 2.05) is 11.0 Å². The second-order valence-electron chi connectivity index (χ2n) is 7.72. The topological polar surface area (TPSA) is 76.7 Å². The summed E-state index contributed by atoms with van der Waals surface area (Å²) in [5, 5.41) is 0. The third-order valence-corrected chi connectivity index (χ3v) is 6.61. The van der Waals surface area contributed by atoms with E-state index in [1.54, 1.807) is 20.3 Å². The minimum atomic E-state index is -0.0650. The van der Waals surface area contributed by atoms with Gasteiger partial charge in [-0.15, -0.1) is 0 Å². The number of amides is 1. The fraction of sp³-hybridized carbons (Fsp3) is 0.391. The smallest absolute Gasteiger partial charge is 0.255 e. The maximum absolute atomic E-state index is 13.3. The van der Waals surface area contributed by atoms with E-state index in [-0.39, 0.29) is 5.91 Å². The van der Waals surface area contributed by atoms with Crippen molar-refractivity contribution in [2.24, 2.45) is 0 Å². The highest BCUT2D eigenvalue weighted by Crippen LogP contribution is 2.45. The Bertz CT molecular complexity index is 1120. The van der Waals surface area contributed by atoms with E-state index in [1.165, 1.54) is 12.7 Å². The number of methoxy groups -OCH3 is 3. The highest BCUT2D eigenvalue weighted by Gasteiger charge is 2.30. The summed E-state index contributed by atoms with van der Waals surface area (Å²) in [6.07, 6.45) is 1.71. The highest BCUT2D eigenvalue weighted by atomic mass is 79.9. The molecule has 0 bridgehead atoms. The predicted octanol–water partition coefficient (Wildman–Crippen LogP) is 4.68. The molecule has 0 spiro atoms. The van der Waals surface area contributed by atoms with Gasteiger partial charge in [0.05, 0.1) is 42.4 Å². The lowest BCUT2D eigenvalue weighted by Crippen LogP contribution is -2.38. The van der Waals surface area contributed by atoms with Crippen LogP contribution in [-0.4, -0.2) is 55.2 Å². The molecule has 1 aliphatic rings. The van der Waals surface area contributed by atoms with Crippen molar-refractivity contribution >= 4 is 32.9 Å². The van der Waals surface area contributed by atoms with Gasteiger partial charge in [-0.25, -0.2) is 4.98 Å². The van der Waals surface area contributed by atoms with Gasteiger partial charge < -0.3 is 24.1 Å². The molecular formula is C23H26BrN3O4. The molecule has 31 heavy (non-hydrogen) atoms. The van der Waals surface area contributed by atoms with Crippen molar-refractivity contribution in [2.75, 3.05) is 34.4 Å². The zero-order valence-electron chi connectivity index (χ0n) is 18.1. The van der Waals surface area contributed by atoms with E-state index in [9.17, 15) is 4.79 Å². The first-order valence-electron chi connectivity index (χ1n) is 10.2. The molecule has 2 aromatic carbocycles. The Kier molecular flexibility index (Phi) is 6.09. The minimum absolute atomic E-state index is 0.0650. The number of ether oxygens (including phenoxy) is 3. The van der Waals surface area contributed by atoms with Crippen LogP contribution in [0, 0.1) is 6.92 Å². The summed E-state index contributed by atoms with van der Waals surface area (Å²) in [4.78, 5) is 23.4. The number of imidazole rings is 1. The van der Waals surface area contributed by atoms with Gasteiger partial charge in [0, 0.05) is 19.0 Å². The maximum Gasteiger partial charge on any atom is 0.255 e. The van der Waals surface area contributed by atoms with E-state index in [0.717, 1.165) is 29.7 Å². The fourth-order valence-corrected chi connectivity index (χ4v) is 4.77. The maximum atomic E-state index is 13.3. The largest absolute Gasteiger partial charge is 0.493 e. The van der Waals surface area contributed by atoms with Crippen LogP contribution in [0.25, 0.3) is 11.0 Å². The Labute approximate surface area is 189 Å². The molecule has 1 saturated heterocycles. The highest BCUT2D eigenvalue weighted by molar-refractivity contribution is 9.10. The zero-order valence-corrected chi connectivity index (χ0v) is 19.7. The molecule has 8 heteroatoms. The first kappa shape index (κ1) is 21.5. The van der Waals surface area contributed by atoms with Gasteiger partial charge in [0.2, 0.25) is 5.75 Å². The lowest BCUT2D eigenvalue weighted by atomic mass is 9.95. The number of nitrogens with zero attached hydrogens (tertiary/aromatic N) is 2. The van der Waals surface area contributed by atoms with Gasteiger partial charge in [-0.2, -0.15) is 0 Å². The summed E-state index contributed by atoms with van der Waals surface area (Å²) in [5.74, 6) is 2.59. The van der Waals surface area contributed by atoms with Crippen molar-refractivity contribution in [3.05, 3.63) is 45.7 Å². The van der Waals surface area contributed by atoms with Crippen LogP contribution in [0.5, 0.6) is 17.2 Å². The van der Waals surface area contributed by atoms with Crippen molar-refractivity contribution < 1.29 is 19.0 Å². The normalized spacial score (nSPS) is 14.7. The third kappa shape index (κ3) is 3.96. The number of piperidine rings is 1. The second kappa shape index (κ2) is 8.78. The van der Waals surface area contributed by atoms with Crippen molar-refractivity contribution in [3.8, 4) is 17.2 Å². The number of halogens is 1. The number of nitrogens with one attached hydrogen (secondary N) is 1. The van der Waals surface area contributed by atoms with Crippen molar-refractivity contribution in [1.29, 1.82) is 0 Å². The molecule has 0 radical (unpaired) electrons. The molecule has 0 atom stereocenters. The number of hydrogen-bond donors (Lipinski definition) is 1. The van der Waals surface area contributed by atoms with Crippen LogP contribution in [0.4, 0.5) is 0 Å². The van der Waals surface area contributed by atoms with Crippen molar-refractivity contribution in [2.45, 2.75) is 25.7 Å². The molecule has 1 fully saturated rings. The summed E-state index contributed by atoms with van der Waals surface area (Å²) < 4.78 is 16.8. The van der Waals surface area contributed by atoms with Crippen LogP contribution in [0.2, 0.25) is 0 Å². The second-order valence-corrected chi connectivity index (χ2v) is 8.51. The SMILES string of the molecule is COc1cc(C(=O)N2CCC(c3nc4ccc(C)cc4[nH]3)CC2)c(Br)c(OC)c1OC. The van der Waals surface area contributed by atoms with E-state index in [2.05, 4.69) is 40.0 Å². The summed E-state index contributed by atoms with van der Waals surface area (Å²) in [5.41, 5.74) is 3.75.